The molecule has 0 atom stereocenters. The Morgan fingerprint density at radius 1 is 1.38 bits per heavy atom. The summed E-state index contributed by atoms with van der Waals surface area (Å²) >= 11 is 6.16. The number of benzene rings is 1. The average Bonchev–Trinajstić information content (AvgIpc) is 3.15. The van der Waals surface area contributed by atoms with Crippen molar-refractivity contribution in [2.45, 2.75) is 6.92 Å². The highest BCUT2D eigenvalue weighted by atomic mass is 32.2. The van der Waals surface area contributed by atoms with Crippen LogP contribution in [0.5, 0.6) is 0 Å². The van der Waals surface area contributed by atoms with Gasteiger partial charge in [-0.3, -0.25) is 9.59 Å². The number of furan rings is 1. The Balaban J connectivity index is 1.85. The monoisotopic (exact) mass is 358 g/mol. The average molecular weight is 358 g/mol. The van der Waals surface area contributed by atoms with E-state index in [1.807, 2.05) is 13.0 Å². The molecule has 3 rings (SSSR count). The Kier molecular flexibility index (Phi) is 4.82. The van der Waals surface area contributed by atoms with E-state index < -0.39 is 0 Å². The van der Waals surface area contributed by atoms with E-state index in [2.05, 4.69) is 10.6 Å². The predicted octanol–water partition coefficient (Wildman–Crippen LogP) is 3.19. The van der Waals surface area contributed by atoms with Gasteiger partial charge in [-0.1, -0.05) is 36.1 Å². The Morgan fingerprint density at radius 3 is 2.92 bits per heavy atom. The number of hydrogen-bond acceptors (Lipinski definition) is 5. The van der Waals surface area contributed by atoms with E-state index >= 15 is 0 Å². The van der Waals surface area contributed by atoms with Crippen molar-refractivity contribution in [2.24, 2.45) is 0 Å². The number of hydrogen-bond donors (Lipinski definition) is 2. The lowest BCUT2D eigenvalue weighted by atomic mass is 10.1. The Labute approximate surface area is 148 Å². The molecule has 2 aromatic rings. The van der Waals surface area contributed by atoms with Crippen LogP contribution in [0.1, 0.15) is 23.0 Å². The maximum Gasteiger partial charge on any atom is 0.263 e. The van der Waals surface area contributed by atoms with Gasteiger partial charge in [0.1, 0.15) is 15.8 Å². The molecule has 0 bridgehead atoms. The number of amides is 2. The molecule has 5 nitrogen and oxygen atoms in total. The number of carbonyl (C=O) groups excluding carboxylic acids is 2. The first-order chi connectivity index (χ1) is 11.6. The van der Waals surface area contributed by atoms with Crippen LogP contribution in [0.15, 0.2) is 45.7 Å². The van der Waals surface area contributed by atoms with Gasteiger partial charge in [0.2, 0.25) is 0 Å². The number of thiocarbonyl (C=S) groups is 1. The lowest BCUT2D eigenvalue weighted by Crippen LogP contribution is -2.22. The fourth-order valence-corrected chi connectivity index (χ4v) is 3.24. The van der Waals surface area contributed by atoms with Crippen LogP contribution < -0.4 is 10.6 Å². The Morgan fingerprint density at radius 2 is 2.21 bits per heavy atom. The third-order valence-electron chi connectivity index (χ3n) is 3.29. The molecule has 1 aliphatic heterocycles. The highest BCUT2D eigenvalue weighted by Gasteiger charge is 2.22. The zero-order chi connectivity index (χ0) is 17.1. The van der Waals surface area contributed by atoms with Crippen molar-refractivity contribution in [1.82, 2.24) is 10.6 Å². The van der Waals surface area contributed by atoms with E-state index in [9.17, 15) is 9.59 Å². The second-order valence-corrected chi connectivity index (χ2v) is 6.71. The van der Waals surface area contributed by atoms with Crippen molar-refractivity contribution in [3.05, 3.63) is 52.6 Å². The second kappa shape index (κ2) is 7.02. The summed E-state index contributed by atoms with van der Waals surface area (Å²) in [5.41, 5.74) is 1.36. The van der Waals surface area contributed by atoms with Crippen LogP contribution in [-0.4, -0.2) is 22.7 Å². The van der Waals surface area contributed by atoms with Gasteiger partial charge >= 0.3 is 0 Å². The van der Waals surface area contributed by atoms with Gasteiger partial charge in [-0.25, -0.2) is 0 Å². The quantitative estimate of drug-likeness (QED) is 0.649. The molecular formula is C17H14N2O3S2. The minimum absolute atomic E-state index is 0.124. The van der Waals surface area contributed by atoms with Gasteiger partial charge in [-0.2, -0.15) is 0 Å². The molecule has 0 spiro atoms. The molecule has 0 aliphatic carbocycles. The molecule has 0 unspecified atom stereocenters. The molecule has 2 amide bonds. The highest BCUT2D eigenvalue weighted by Crippen LogP contribution is 2.29. The normalized spacial score (nSPS) is 15.6. The third kappa shape index (κ3) is 3.58. The topological polar surface area (TPSA) is 71.3 Å². The third-order valence-corrected chi connectivity index (χ3v) is 4.45. The molecule has 1 saturated heterocycles. The summed E-state index contributed by atoms with van der Waals surface area (Å²) in [5, 5.41) is 5.32. The van der Waals surface area contributed by atoms with E-state index in [4.69, 9.17) is 16.6 Å². The van der Waals surface area contributed by atoms with Crippen LogP contribution in [0.25, 0.3) is 17.4 Å². The van der Waals surface area contributed by atoms with Gasteiger partial charge in [0.15, 0.2) is 0 Å². The van der Waals surface area contributed by atoms with Crippen molar-refractivity contribution in [2.75, 3.05) is 6.54 Å². The van der Waals surface area contributed by atoms with Crippen LogP contribution >= 0.6 is 24.0 Å². The molecule has 0 radical (unpaired) electrons. The molecule has 0 saturated carbocycles. The van der Waals surface area contributed by atoms with Gasteiger partial charge < -0.3 is 15.1 Å². The van der Waals surface area contributed by atoms with E-state index in [1.165, 1.54) is 11.8 Å². The van der Waals surface area contributed by atoms with Gasteiger partial charge in [-0.15, -0.1) is 0 Å². The summed E-state index contributed by atoms with van der Waals surface area (Å²) in [4.78, 5) is 24.1. The van der Waals surface area contributed by atoms with E-state index in [0.29, 0.717) is 32.9 Å². The molecule has 7 heteroatoms. The largest absolute Gasteiger partial charge is 0.457 e. The smallest absolute Gasteiger partial charge is 0.263 e. The maximum atomic E-state index is 11.9. The molecule has 24 heavy (non-hydrogen) atoms. The zero-order valence-electron chi connectivity index (χ0n) is 12.8. The lowest BCUT2D eigenvalue weighted by molar-refractivity contribution is -0.115. The Bertz CT molecular complexity index is 855. The first-order valence-corrected chi connectivity index (χ1v) is 8.52. The first kappa shape index (κ1) is 16.5. The predicted molar refractivity (Wildman–Crippen MR) is 98.5 cm³/mol. The van der Waals surface area contributed by atoms with Crippen LogP contribution in [-0.2, 0) is 4.79 Å². The van der Waals surface area contributed by atoms with Crippen LogP contribution in [0.3, 0.4) is 0 Å². The number of thioether (sulfide) groups is 1. The van der Waals surface area contributed by atoms with Crippen LogP contribution in [0.4, 0.5) is 0 Å². The van der Waals surface area contributed by atoms with Gasteiger partial charge in [-0.05, 0) is 31.2 Å². The summed E-state index contributed by atoms with van der Waals surface area (Å²) in [7, 11) is 0. The van der Waals surface area contributed by atoms with Gasteiger partial charge in [0, 0.05) is 23.7 Å². The lowest BCUT2D eigenvalue weighted by Gasteiger charge is -2.03. The molecule has 122 valence electrons. The van der Waals surface area contributed by atoms with E-state index in [-0.39, 0.29) is 11.8 Å². The number of carbonyl (C=O) groups is 2. The Hall–Kier alpha value is -2.38. The van der Waals surface area contributed by atoms with Crippen molar-refractivity contribution < 1.29 is 14.0 Å². The molecule has 1 aromatic heterocycles. The fourth-order valence-electron chi connectivity index (χ4n) is 2.21. The van der Waals surface area contributed by atoms with Crippen molar-refractivity contribution in [3.8, 4) is 11.3 Å². The summed E-state index contributed by atoms with van der Waals surface area (Å²) in [6.45, 7) is 2.44. The molecular weight excluding hydrogens is 344 g/mol. The molecule has 2 heterocycles. The standard InChI is InChI=1S/C17H14N2O3S2/c1-2-18-15(20)11-5-3-4-10(8-11)13-7-6-12(22-13)9-14-16(21)19-17(23)24-14/h3-9H,2H2,1H3,(H,18,20)(H,19,21,23). The van der Waals surface area contributed by atoms with E-state index in [1.54, 1.807) is 36.4 Å². The molecule has 2 N–H and O–H groups in total. The zero-order valence-corrected chi connectivity index (χ0v) is 14.4. The molecule has 1 aromatic carbocycles. The molecule has 1 fully saturated rings. The van der Waals surface area contributed by atoms with Crippen molar-refractivity contribution >= 4 is 46.2 Å². The number of nitrogens with one attached hydrogen (secondary N) is 2. The first-order valence-electron chi connectivity index (χ1n) is 7.30. The summed E-state index contributed by atoms with van der Waals surface area (Å²) in [5.74, 6) is 0.830. The molecule has 1 aliphatic rings. The minimum atomic E-state index is -0.221. The summed E-state index contributed by atoms with van der Waals surface area (Å²) < 4.78 is 6.20. The minimum Gasteiger partial charge on any atom is -0.457 e. The van der Waals surface area contributed by atoms with Crippen molar-refractivity contribution in [3.63, 3.8) is 0 Å². The van der Waals surface area contributed by atoms with Crippen molar-refractivity contribution in [1.29, 1.82) is 0 Å². The van der Waals surface area contributed by atoms with E-state index in [0.717, 1.165) is 5.56 Å². The van der Waals surface area contributed by atoms with Crippen LogP contribution in [0, 0.1) is 0 Å². The highest BCUT2D eigenvalue weighted by molar-refractivity contribution is 8.26. The van der Waals surface area contributed by atoms with Crippen LogP contribution in [0.2, 0.25) is 0 Å². The van der Waals surface area contributed by atoms with Gasteiger partial charge in [0.25, 0.3) is 11.8 Å². The van der Waals surface area contributed by atoms with Gasteiger partial charge in [0.05, 0.1) is 4.91 Å². The number of rotatable bonds is 4. The second-order valence-electron chi connectivity index (χ2n) is 4.99. The fraction of sp³-hybridized carbons (Fsp3) is 0.118. The maximum absolute atomic E-state index is 11.9. The summed E-state index contributed by atoms with van der Waals surface area (Å²) in [6, 6.07) is 10.8. The SMILES string of the molecule is CCNC(=O)c1cccc(-c2ccc(C=C3SC(=S)NC3=O)o2)c1. The summed E-state index contributed by atoms with van der Waals surface area (Å²) in [6.07, 6.45) is 1.65.